The third-order valence-electron chi connectivity index (χ3n) is 3.03. The molecule has 0 radical (unpaired) electrons. The first-order chi connectivity index (χ1) is 9.27. The summed E-state index contributed by atoms with van der Waals surface area (Å²) in [5, 5.41) is 12.5. The second kappa shape index (κ2) is 13.9. The van der Waals surface area contributed by atoms with Gasteiger partial charge >= 0.3 is 0 Å². The quantitative estimate of drug-likeness (QED) is 0.255. The summed E-state index contributed by atoms with van der Waals surface area (Å²) < 4.78 is 0. The number of aliphatic imine (C=N–C) groups is 1. The Bertz CT molecular complexity index is 407. The minimum atomic E-state index is 0. The summed E-state index contributed by atoms with van der Waals surface area (Å²) in [7, 11) is 0. The molecule has 0 atom stereocenters. The van der Waals surface area contributed by atoms with Gasteiger partial charge in [0.25, 0.3) is 0 Å². The molecule has 0 saturated heterocycles. The molecule has 0 unspecified atom stereocenters. The number of nitrogens with zero attached hydrogens (tertiary/aromatic N) is 1. The predicted molar refractivity (Wildman–Crippen MR) is 87.4 cm³/mol. The Hall–Kier alpha value is -1.06. The zero-order valence-corrected chi connectivity index (χ0v) is 15.7. The van der Waals surface area contributed by atoms with E-state index in [9.17, 15) is 9.90 Å². The molecule has 0 bridgehead atoms. The van der Waals surface area contributed by atoms with E-state index in [1.54, 1.807) is 20.8 Å². The van der Waals surface area contributed by atoms with Gasteiger partial charge in [-0.25, -0.2) is 0 Å². The van der Waals surface area contributed by atoms with E-state index in [4.69, 9.17) is 0 Å². The maximum atomic E-state index is 11.1. The monoisotopic (exact) mass is 338 g/mol. The number of hydrogen-bond acceptors (Lipinski definition) is 4. The van der Waals surface area contributed by atoms with Gasteiger partial charge in [-0.2, -0.15) is 0 Å². The second-order valence-electron chi connectivity index (χ2n) is 4.41. The smallest absolute Gasteiger partial charge is 0.157 e. The molecule has 0 aliphatic rings. The normalized spacial score (nSPS) is 13.0. The maximum Gasteiger partial charge on any atom is 0.157 e. The van der Waals surface area contributed by atoms with Gasteiger partial charge in [0.05, 0.1) is 12.3 Å². The molecule has 0 amide bonds. The fraction of sp³-hybridized carbons (Fsp3) is 0.625. The van der Waals surface area contributed by atoms with Crippen molar-refractivity contribution in [1.82, 2.24) is 5.32 Å². The third kappa shape index (κ3) is 11.3. The van der Waals surface area contributed by atoms with E-state index in [0.717, 1.165) is 22.6 Å². The molecule has 0 saturated carbocycles. The molecule has 0 spiro atoms. The molecule has 21 heavy (non-hydrogen) atoms. The molecule has 0 aromatic rings. The van der Waals surface area contributed by atoms with Gasteiger partial charge in [0.15, 0.2) is 5.78 Å². The molecule has 2 N–H and O–H groups in total. The first kappa shape index (κ1) is 24.9. The molecule has 0 aliphatic heterocycles. The molecule has 0 aromatic carbocycles. The van der Waals surface area contributed by atoms with E-state index in [2.05, 4.69) is 10.3 Å². The summed E-state index contributed by atoms with van der Waals surface area (Å²) in [4.78, 5) is 15.5. The van der Waals surface area contributed by atoms with E-state index < -0.39 is 0 Å². The number of carbonyl (C=O) groups excluding carboxylic acids is 1. The average Bonchev–Trinajstić information content (AvgIpc) is 2.43. The predicted octanol–water partition coefficient (Wildman–Crippen LogP) is 3.80. The molecule has 0 aliphatic carbocycles. The zero-order valence-electron chi connectivity index (χ0n) is 14.6. The molecule has 0 aromatic heterocycles. The number of allylic oxidation sites excluding steroid dienone is 4. The van der Waals surface area contributed by atoms with Crippen LogP contribution < -0.4 is 5.32 Å². The van der Waals surface area contributed by atoms with Gasteiger partial charge in [-0.3, -0.25) is 9.79 Å². The topological polar surface area (TPSA) is 61.7 Å². The van der Waals surface area contributed by atoms with Gasteiger partial charge in [0, 0.05) is 46.2 Å². The van der Waals surface area contributed by atoms with Crippen LogP contribution in [0, 0.1) is 0 Å². The van der Waals surface area contributed by atoms with E-state index >= 15 is 0 Å². The number of carbonyl (C=O) groups is 1. The first-order valence-corrected chi connectivity index (χ1v) is 7.07. The third-order valence-corrected chi connectivity index (χ3v) is 3.03. The van der Waals surface area contributed by atoms with Crippen LogP contribution in [0.2, 0.25) is 0 Å². The summed E-state index contributed by atoms with van der Waals surface area (Å²) in [6.45, 7) is 15.9. The number of rotatable bonds is 6. The largest absolute Gasteiger partial charge is 0.512 e. The van der Waals surface area contributed by atoms with E-state index in [1.165, 1.54) is 0 Å². The number of nitrogens with one attached hydrogen (secondary N) is 1. The van der Waals surface area contributed by atoms with Crippen molar-refractivity contribution in [2.45, 2.75) is 55.4 Å². The molecule has 0 fully saturated rings. The van der Waals surface area contributed by atoms with Crippen molar-refractivity contribution in [2.24, 2.45) is 4.99 Å². The summed E-state index contributed by atoms with van der Waals surface area (Å²) >= 11 is 0. The fourth-order valence-electron chi connectivity index (χ4n) is 1.24. The minimum Gasteiger partial charge on any atom is -0.512 e. The molecular formula is C16H30FeN2O2. The summed E-state index contributed by atoms with van der Waals surface area (Å²) in [5.41, 5.74) is 3.28. The van der Waals surface area contributed by atoms with Gasteiger partial charge in [-0.1, -0.05) is 13.8 Å². The van der Waals surface area contributed by atoms with Crippen LogP contribution in [0.3, 0.4) is 0 Å². The Labute approximate surface area is 140 Å². The van der Waals surface area contributed by atoms with Gasteiger partial charge in [-0.05, 0) is 41.5 Å². The number of aliphatic hydroxyl groups is 1. The Kier molecular flexibility index (Phi) is 16.5. The Balaban J connectivity index is -0.00000103. The van der Waals surface area contributed by atoms with Crippen LogP contribution in [0.15, 0.2) is 27.6 Å². The van der Waals surface area contributed by atoms with E-state index in [1.807, 2.05) is 34.6 Å². The molecule has 0 heterocycles. The van der Waals surface area contributed by atoms with Crippen molar-refractivity contribution in [3.8, 4) is 0 Å². The van der Waals surface area contributed by atoms with Crippen LogP contribution in [0.25, 0.3) is 0 Å². The standard InChI is InChI=1S/C14H24N2O2.C2H6.Fe/c1-9(13(5)17)11(3)15-7-8-16-12(4)10(2)14(6)18;1-2;/h15,18H,7-8H2,1-6H3;1-2H3;/b11-9-,14-10-,16-12?;;. The van der Waals surface area contributed by atoms with Crippen LogP contribution in [0.1, 0.15) is 55.4 Å². The molecule has 0 rings (SSSR count). The number of hydrogen-bond donors (Lipinski definition) is 2. The second-order valence-corrected chi connectivity index (χ2v) is 4.41. The zero-order chi connectivity index (χ0) is 16.3. The van der Waals surface area contributed by atoms with Gasteiger partial charge in [0.1, 0.15) is 0 Å². The molecule has 5 heteroatoms. The summed E-state index contributed by atoms with van der Waals surface area (Å²) in [6, 6.07) is 0. The number of aliphatic hydroxyl groups excluding tert-OH is 1. The van der Waals surface area contributed by atoms with Crippen molar-refractivity contribution in [3.63, 3.8) is 0 Å². The van der Waals surface area contributed by atoms with Crippen molar-refractivity contribution >= 4 is 11.5 Å². The van der Waals surface area contributed by atoms with E-state index in [0.29, 0.717) is 18.8 Å². The average molecular weight is 338 g/mol. The molecule has 4 nitrogen and oxygen atoms in total. The van der Waals surface area contributed by atoms with Crippen LogP contribution in [0.4, 0.5) is 0 Å². The SMILES string of the molecule is CC.CC(=O)/C(C)=C(/C)NCCN=C(C)/C(C)=C(/C)O.[Fe]. The minimum absolute atomic E-state index is 0. The van der Waals surface area contributed by atoms with Crippen LogP contribution in [-0.2, 0) is 21.9 Å². The van der Waals surface area contributed by atoms with Gasteiger partial charge < -0.3 is 10.4 Å². The van der Waals surface area contributed by atoms with Crippen molar-refractivity contribution < 1.29 is 27.0 Å². The summed E-state index contributed by atoms with van der Waals surface area (Å²) in [6.07, 6.45) is 0. The number of ketones is 1. The molecule has 124 valence electrons. The van der Waals surface area contributed by atoms with Crippen molar-refractivity contribution in [3.05, 3.63) is 22.6 Å². The Morgan fingerprint density at radius 1 is 1.00 bits per heavy atom. The van der Waals surface area contributed by atoms with Crippen LogP contribution in [0.5, 0.6) is 0 Å². The van der Waals surface area contributed by atoms with Gasteiger partial charge in [0.2, 0.25) is 0 Å². The molecular weight excluding hydrogens is 308 g/mol. The number of Topliss-reactive ketones (excluding diaryl/α,β-unsaturated/α-hetero) is 1. The van der Waals surface area contributed by atoms with Crippen LogP contribution >= 0.6 is 0 Å². The fourth-order valence-corrected chi connectivity index (χ4v) is 1.24. The first-order valence-electron chi connectivity index (χ1n) is 7.07. The van der Waals surface area contributed by atoms with E-state index in [-0.39, 0.29) is 22.9 Å². The van der Waals surface area contributed by atoms with Crippen molar-refractivity contribution in [1.29, 1.82) is 0 Å². The maximum absolute atomic E-state index is 11.1. The summed E-state index contributed by atoms with van der Waals surface area (Å²) in [5.74, 6) is 0.377. The Morgan fingerprint density at radius 2 is 1.48 bits per heavy atom. The van der Waals surface area contributed by atoms with Gasteiger partial charge in [-0.15, -0.1) is 0 Å². The Morgan fingerprint density at radius 3 is 1.86 bits per heavy atom. The van der Waals surface area contributed by atoms with Crippen LogP contribution in [-0.4, -0.2) is 29.7 Å². The van der Waals surface area contributed by atoms with Crippen molar-refractivity contribution in [2.75, 3.05) is 13.1 Å².